The van der Waals surface area contributed by atoms with Gasteiger partial charge in [-0.1, -0.05) is 17.3 Å². The van der Waals surface area contributed by atoms with E-state index in [9.17, 15) is 23.3 Å². The Balaban J connectivity index is 1.77. The molecule has 0 aliphatic heterocycles. The summed E-state index contributed by atoms with van der Waals surface area (Å²) in [6, 6.07) is 10.8. The molecule has 2 aromatic carbocycles. The minimum atomic E-state index is -4.49. The molecule has 146 valence electrons. The molecule has 0 saturated carbocycles. The van der Waals surface area contributed by atoms with Gasteiger partial charge in [-0.15, -0.1) is 5.10 Å². The molecule has 4 rings (SSSR count). The van der Waals surface area contributed by atoms with Gasteiger partial charge in [0, 0.05) is 5.69 Å². The number of para-hydroxylation sites is 1. The van der Waals surface area contributed by atoms with Crippen LogP contribution in [0.1, 0.15) is 5.56 Å². The van der Waals surface area contributed by atoms with Gasteiger partial charge < -0.3 is 5.32 Å². The number of nitrogens with zero attached hydrogens (tertiary/aromatic N) is 6. The Hall–Kier alpha value is -4.09. The number of benzene rings is 2. The molecule has 0 aliphatic rings. The molecule has 0 aliphatic carbocycles. The number of hydrogen-bond acceptors (Lipinski definition) is 7. The normalized spacial score (nSPS) is 11.6. The van der Waals surface area contributed by atoms with Crippen molar-refractivity contribution in [1.82, 2.24) is 25.0 Å². The minimum absolute atomic E-state index is 0.131. The smallest absolute Gasteiger partial charge is 0.334 e. The third-order valence-corrected chi connectivity index (χ3v) is 4.01. The van der Waals surface area contributed by atoms with Crippen LogP contribution in [0.2, 0.25) is 0 Å². The van der Waals surface area contributed by atoms with Gasteiger partial charge in [-0.25, -0.2) is 9.97 Å². The van der Waals surface area contributed by atoms with Gasteiger partial charge in [-0.2, -0.15) is 17.9 Å². The van der Waals surface area contributed by atoms with Gasteiger partial charge >= 0.3 is 11.9 Å². The average molecular weight is 401 g/mol. The number of aromatic nitrogens is 5. The average Bonchev–Trinajstić information content (AvgIpc) is 3.11. The van der Waals surface area contributed by atoms with Crippen LogP contribution in [0.4, 0.5) is 30.4 Å². The van der Waals surface area contributed by atoms with Gasteiger partial charge in [-0.3, -0.25) is 10.1 Å². The molecule has 0 atom stereocenters. The lowest BCUT2D eigenvalue weighted by Gasteiger charge is -2.10. The molecule has 9 nitrogen and oxygen atoms in total. The third kappa shape index (κ3) is 3.42. The summed E-state index contributed by atoms with van der Waals surface area (Å²) < 4.78 is 39.3. The minimum Gasteiger partial charge on any atom is -0.334 e. The summed E-state index contributed by atoms with van der Waals surface area (Å²) in [6.45, 7) is 0. The first-order chi connectivity index (χ1) is 13.8. The maximum Gasteiger partial charge on any atom is 0.416 e. The summed E-state index contributed by atoms with van der Waals surface area (Å²) in [6.07, 6.45) is -3.40. The van der Waals surface area contributed by atoms with Crippen LogP contribution in [0, 0.1) is 10.1 Å². The van der Waals surface area contributed by atoms with E-state index < -0.39 is 22.4 Å². The third-order valence-electron chi connectivity index (χ3n) is 4.01. The highest BCUT2D eigenvalue weighted by Crippen LogP contribution is 2.33. The number of nitro groups is 1. The van der Waals surface area contributed by atoms with Gasteiger partial charge in [0.15, 0.2) is 0 Å². The van der Waals surface area contributed by atoms with Crippen molar-refractivity contribution in [2.75, 3.05) is 5.32 Å². The van der Waals surface area contributed by atoms with Crippen molar-refractivity contribution >= 4 is 28.2 Å². The Kier molecular flexibility index (Phi) is 4.30. The van der Waals surface area contributed by atoms with Crippen molar-refractivity contribution in [2.45, 2.75) is 6.18 Å². The summed E-state index contributed by atoms with van der Waals surface area (Å²) in [5.74, 6) is -0.326. The van der Waals surface area contributed by atoms with Crippen LogP contribution in [-0.2, 0) is 6.18 Å². The highest BCUT2D eigenvalue weighted by Gasteiger charge is 2.30. The SMILES string of the molecule is O=[N+]([O-])c1c(Nc2ccc(C(F)(F)F)cc2)ncnc1-n1nnc2ccccc21. The Morgan fingerprint density at radius 1 is 1.03 bits per heavy atom. The first-order valence-corrected chi connectivity index (χ1v) is 8.09. The van der Waals surface area contributed by atoms with Crippen molar-refractivity contribution < 1.29 is 18.1 Å². The van der Waals surface area contributed by atoms with Crippen molar-refractivity contribution in [3.63, 3.8) is 0 Å². The number of rotatable bonds is 4. The number of hydrogen-bond donors (Lipinski definition) is 1. The van der Waals surface area contributed by atoms with Gasteiger partial charge in [-0.05, 0) is 36.4 Å². The zero-order valence-corrected chi connectivity index (χ0v) is 14.3. The van der Waals surface area contributed by atoms with Crippen LogP contribution in [-0.4, -0.2) is 29.9 Å². The lowest BCUT2D eigenvalue weighted by atomic mass is 10.2. The standard InChI is InChI=1S/C17H10F3N7O2/c18-17(19,20)10-5-7-11(8-6-10)23-15-14(27(28)29)16(22-9-21-15)26-13-4-2-1-3-12(13)24-25-26/h1-9H,(H,21,22,23). The molecule has 0 fully saturated rings. The van der Waals surface area contributed by atoms with E-state index >= 15 is 0 Å². The molecule has 12 heteroatoms. The summed E-state index contributed by atoms with van der Waals surface area (Å²) in [5, 5.41) is 22.2. The van der Waals surface area contributed by atoms with Crippen LogP contribution in [0.5, 0.6) is 0 Å². The summed E-state index contributed by atoms with van der Waals surface area (Å²) in [4.78, 5) is 18.9. The molecule has 0 bridgehead atoms. The zero-order chi connectivity index (χ0) is 20.6. The van der Waals surface area contributed by atoms with Gasteiger partial charge in [0.1, 0.15) is 11.8 Å². The fourth-order valence-corrected chi connectivity index (χ4v) is 2.69. The van der Waals surface area contributed by atoms with Crippen LogP contribution in [0.15, 0.2) is 54.9 Å². The van der Waals surface area contributed by atoms with Crippen molar-refractivity contribution in [3.05, 3.63) is 70.5 Å². The van der Waals surface area contributed by atoms with E-state index in [1.807, 2.05) is 0 Å². The topological polar surface area (TPSA) is 112 Å². The molecule has 0 unspecified atom stereocenters. The molecule has 2 aromatic heterocycles. The van der Waals surface area contributed by atoms with E-state index in [2.05, 4.69) is 25.6 Å². The fraction of sp³-hybridized carbons (Fsp3) is 0.0588. The zero-order valence-electron chi connectivity index (χ0n) is 14.3. The van der Waals surface area contributed by atoms with Crippen LogP contribution >= 0.6 is 0 Å². The summed E-state index contributed by atoms with van der Waals surface area (Å²) in [7, 11) is 0. The Bertz CT molecular complexity index is 1210. The predicted octanol–water partition coefficient (Wildman–Crippen LogP) is 3.88. The van der Waals surface area contributed by atoms with Gasteiger partial charge in [0.25, 0.3) is 0 Å². The Morgan fingerprint density at radius 2 is 1.76 bits per heavy atom. The largest absolute Gasteiger partial charge is 0.416 e. The van der Waals surface area contributed by atoms with Gasteiger partial charge in [0.05, 0.1) is 16.0 Å². The maximum atomic E-state index is 12.7. The van der Waals surface area contributed by atoms with Crippen molar-refractivity contribution in [1.29, 1.82) is 0 Å². The van der Waals surface area contributed by atoms with E-state index in [0.717, 1.165) is 30.6 Å². The number of anilines is 2. The molecule has 29 heavy (non-hydrogen) atoms. The molecular formula is C17H10F3N7O2. The van der Waals surface area contributed by atoms with E-state index in [4.69, 9.17) is 0 Å². The number of halogens is 3. The van der Waals surface area contributed by atoms with Crippen molar-refractivity contribution in [2.24, 2.45) is 0 Å². The fourth-order valence-electron chi connectivity index (χ4n) is 2.69. The number of fused-ring (bicyclic) bond motifs is 1. The van der Waals surface area contributed by atoms with Crippen LogP contribution in [0.25, 0.3) is 16.9 Å². The van der Waals surface area contributed by atoms with Crippen molar-refractivity contribution in [3.8, 4) is 5.82 Å². The molecule has 1 N–H and O–H groups in total. The quantitative estimate of drug-likeness (QED) is 0.408. The second-order valence-corrected chi connectivity index (χ2v) is 5.84. The second kappa shape index (κ2) is 6.82. The van der Waals surface area contributed by atoms with E-state index in [-0.39, 0.29) is 17.3 Å². The van der Waals surface area contributed by atoms with E-state index in [0.29, 0.717) is 11.0 Å². The molecular weight excluding hydrogens is 391 g/mol. The van der Waals surface area contributed by atoms with Crippen LogP contribution in [0.3, 0.4) is 0 Å². The molecule has 0 radical (unpaired) electrons. The summed E-state index contributed by atoms with van der Waals surface area (Å²) in [5.41, 5.74) is -0.139. The molecule has 0 amide bonds. The molecule has 2 heterocycles. The molecule has 4 aromatic rings. The predicted molar refractivity (Wildman–Crippen MR) is 95.8 cm³/mol. The lowest BCUT2D eigenvalue weighted by molar-refractivity contribution is -0.384. The molecule has 0 spiro atoms. The maximum absolute atomic E-state index is 12.7. The Labute approximate surface area is 160 Å². The Morgan fingerprint density at radius 3 is 2.45 bits per heavy atom. The first-order valence-electron chi connectivity index (χ1n) is 8.09. The highest BCUT2D eigenvalue weighted by molar-refractivity contribution is 5.78. The van der Waals surface area contributed by atoms with E-state index in [1.54, 1.807) is 24.3 Å². The monoisotopic (exact) mass is 401 g/mol. The highest BCUT2D eigenvalue weighted by atomic mass is 19.4. The second-order valence-electron chi connectivity index (χ2n) is 5.84. The number of nitrogens with one attached hydrogen (secondary N) is 1. The van der Waals surface area contributed by atoms with Gasteiger partial charge in [0.2, 0.25) is 11.6 Å². The summed E-state index contributed by atoms with van der Waals surface area (Å²) >= 11 is 0. The lowest BCUT2D eigenvalue weighted by Crippen LogP contribution is -2.09. The molecule has 0 saturated heterocycles. The van der Waals surface area contributed by atoms with E-state index in [1.165, 1.54) is 4.68 Å². The number of alkyl halides is 3. The first kappa shape index (κ1) is 18.3. The van der Waals surface area contributed by atoms with Crippen LogP contribution < -0.4 is 5.32 Å².